The first kappa shape index (κ1) is 13.4. The average Bonchev–Trinajstić information content (AvgIpc) is 3.05. The Morgan fingerprint density at radius 3 is 2.60 bits per heavy atom. The second kappa shape index (κ2) is 6.80. The predicted molar refractivity (Wildman–Crippen MR) is 71.6 cm³/mol. The monoisotopic (exact) mass is 229 g/mol. The molecular formula is C13H27NS. The van der Waals surface area contributed by atoms with Gasteiger partial charge in [0.2, 0.25) is 0 Å². The molecule has 2 heteroatoms. The molecule has 0 bridgehead atoms. The van der Waals surface area contributed by atoms with Crippen LogP contribution in [0.4, 0.5) is 0 Å². The summed E-state index contributed by atoms with van der Waals surface area (Å²) in [6.45, 7) is 9.30. The molecule has 1 unspecified atom stereocenters. The lowest BCUT2D eigenvalue weighted by Gasteiger charge is -2.30. The fourth-order valence-corrected chi connectivity index (χ4v) is 2.99. The van der Waals surface area contributed by atoms with Gasteiger partial charge in [-0.05, 0) is 55.1 Å². The van der Waals surface area contributed by atoms with E-state index in [4.69, 9.17) is 0 Å². The van der Waals surface area contributed by atoms with E-state index in [1.165, 1.54) is 43.7 Å². The molecule has 1 aliphatic rings. The topological polar surface area (TPSA) is 12.0 Å². The molecule has 0 amide bonds. The van der Waals surface area contributed by atoms with E-state index in [0.717, 1.165) is 12.5 Å². The highest BCUT2D eigenvalue weighted by Crippen LogP contribution is 2.47. The van der Waals surface area contributed by atoms with Crippen LogP contribution >= 0.6 is 11.8 Å². The minimum Gasteiger partial charge on any atom is -0.316 e. The number of thioether (sulfide) groups is 1. The van der Waals surface area contributed by atoms with Crippen LogP contribution in [0.15, 0.2) is 0 Å². The molecule has 1 fully saturated rings. The summed E-state index contributed by atoms with van der Waals surface area (Å²) in [4.78, 5) is 0. The van der Waals surface area contributed by atoms with Gasteiger partial charge in [-0.2, -0.15) is 11.8 Å². The van der Waals surface area contributed by atoms with E-state index < -0.39 is 0 Å². The van der Waals surface area contributed by atoms with Crippen molar-refractivity contribution >= 4 is 11.8 Å². The summed E-state index contributed by atoms with van der Waals surface area (Å²) >= 11 is 2.08. The van der Waals surface area contributed by atoms with Crippen LogP contribution in [-0.4, -0.2) is 24.6 Å². The fourth-order valence-electron chi connectivity index (χ4n) is 2.35. The first-order valence-electron chi connectivity index (χ1n) is 6.51. The second-order valence-electron chi connectivity index (χ2n) is 5.01. The molecule has 0 aromatic heterocycles. The van der Waals surface area contributed by atoms with Crippen molar-refractivity contribution in [2.24, 2.45) is 11.3 Å². The van der Waals surface area contributed by atoms with Crippen molar-refractivity contribution in [3.05, 3.63) is 0 Å². The van der Waals surface area contributed by atoms with Crippen molar-refractivity contribution in [3.63, 3.8) is 0 Å². The third-order valence-corrected chi connectivity index (χ3v) is 4.57. The molecule has 1 saturated carbocycles. The van der Waals surface area contributed by atoms with E-state index in [0.29, 0.717) is 5.41 Å². The minimum atomic E-state index is 0.588. The molecule has 0 spiro atoms. The molecule has 0 aromatic carbocycles. The molecule has 15 heavy (non-hydrogen) atoms. The molecule has 1 nitrogen and oxygen atoms in total. The van der Waals surface area contributed by atoms with Gasteiger partial charge < -0.3 is 5.32 Å². The van der Waals surface area contributed by atoms with E-state index >= 15 is 0 Å². The van der Waals surface area contributed by atoms with Gasteiger partial charge in [0.05, 0.1) is 0 Å². The Morgan fingerprint density at radius 2 is 2.07 bits per heavy atom. The van der Waals surface area contributed by atoms with Crippen molar-refractivity contribution in [3.8, 4) is 0 Å². The maximum atomic E-state index is 3.54. The standard InChI is InChI=1S/C13H27NS/c1-4-14-11-13(3,12-7-8-12)9-6-10-15-5-2/h12,14H,4-11H2,1-3H3. The van der Waals surface area contributed by atoms with E-state index in [1.807, 2.05) is 0 Å². The Labute approximate surface area is 99.8 Å². The Balaban J connectivity index is 2.22. The van der Waals surface area contributed by atoms with Gasteiger partial charge in [0.25, 0.3) is 0 Å². The van der Waals surface area contributed by atoms with Gasteiger partial charge in [0, 0.05) is 6.54 Å². The molecule has 90 valence electrons. The van der Waals surface area contributed by atoms with E-state index in [9.17, 15) is 0 Å². The van der Waals surface area contributed by atoms with Gasteiger partial charge in [0.15, 0.2) is 0 Å². The maximum absolute atomic E-state index is 3.54. The quantitative estimate of drug-likeness (QED) is 0.607. The normalized spacial score (nSPS) is 20.2. The summed E-state index contributed by atoms with van der Waals surface area (Å²) in [7, 11) is 0. The zero-order valence-corrected chi connectivity index (χ0v) is 11.5. The van der Waals surface area contributed by atoms with Crippen LogP contribution in [0.3, 0.4) is 0 Å². The molecular weight excluding hydrogens is 202 g/mol. The van der Waals surface area contributed by atoms with Gasteiger partial charge in [-0.1, -0.05) is 20.8 Å². The number of hydrogen-bond donors (Lipinski definition) is 1. The Hall–Kier alpha value is 0.310. The second-order valence-corrected chi connectivity index (χ2v) is 6.40. The number of hydrogen-bond acceptors (Lipinski definition) is 2. The first-order chi connectivity index (χ1) is 7.23. The molecule has 1 rings (SSSR count). The summed E-state index contributed by atoms with van der Waals surface area (Å²) in [5.74, 6) is 3.64. The predicted octanol–water partition coefficient (Wildman–Crippen LogP) is 3.55. The number of rotatable bonds is 9. The van der Waals surface area contributed by atoms with Gasteiger partial charge in [-0.15, -0.1) is 0 Å². The third kappa shape index (κ3) is 4.78. The fraction of sp³-hybridized carbons (Fsp3) is 1.00. The van der Waals surface area contributed by atoms with Gasteiger partial charge in [-0.3, -0.25) is 0 Å². The number of nitrogens with one attached hydrogen (secondary N) is 1. The van der Waals surface area contributed by atoms with Gasteiger partial charge in [-0.25, -0.2) is 0 Å². The van der Waals surface area contributed by atoms with Crippen molar-refractivity contribution in [1.29, 1.82) is 0 Å². The molecule has 0 aromatic rings. The zero-order chi connectivity index (χ0) is 11.1. The first-order valence-corrected chi connectivity index (χ1v) is 7.67. The van der Waals surface area contributed by atoms with Crippen LogP contribution in [0.1, 0.15) is 46.5 Å². The molecule has 0 saturated heterocycles. The Bertz CT molecular complexity index is 168. The Morgan fingerprint density at radius 1 is 1.33 bits per heavy atom. The summed E-state index contributed by atoms with van der Waals surface area (Å²) in [5.41, 5.74) is 0.588. The maximum Gasteiger partial charge on any atom is 0.000770 e. The highest BCUT2D eigenvalue weighted by atomic mass is 32.2. The zero-order valence-electron chi connectivity index (χ0n) is 10.6. The van der Waals surface area contributed by atoms with Crippen LogP contribution < -0.4 is 5.32 Å². The molecule has 0 heterocycles. The highest BCUT2D eigenvalue weighted by Gasteiger charge is 2.40. The van der Waals surface area contributed by atoms with Crippen molar-refractivity contribution in [2.75, 3.05) is 24.6 Å². The Kier molecular flexibility index (Phi) is 6.06. The SMILES string of the molecule is CCNCC(C)(CCCSCC)C1CC1. The summed E-state index contributed by atoms with van der Waals surface area (Å²) in [6.07, 6.45) is 5.76. The van der Waals surface area contributed by atoms with Crippen LogP contribution in [0, 0.1) is 11.3 Å². The lowest BCUT2D eigenvalue weighted by Crippen LogP contribution is -2.33. The average molecular weight is 229 g/mol. The van der Waals surface area contributed by atoms with Crippen molar-refractivity contribution in [1.82, 2.24) is 5.32 Å². The van der Waals surface area contributed by atoms with Crippen molar-refractivity contribution < 1.29 is 0 Å². The minimum absolute atomic E-state index is 0.588. The summed E-state index contributed by atoms with van der Waals surface area (Å²) < 4.78 is 0. The third-order valence-electron chi connectivity index (χ3n) is 3.58. The lowest BCUT2D eigenvalue weighted by atomic mass is 9.80. The summed E-state index contributed by atoms with van der Waals surface area (Å²) in [5, 5.41) is 3.54. The van der Waals surface area contributed by atoms with E-state index in [1.54, 1.807) is 0 Å². The smallest absolute Gasteiger partial charge is 0.000770 e. The van der Waals surface area contributed by atoms with Crippen molar-refractivity contribution in [2.45, 2.75) is 46.5 Å². The van der Waals surface area contributed by atoms with Crippen LogP contribution in [0.5, 0.6) is 0 Å². The summed E-state index contributed by atoms with van der Waals surface area (Å²) in [6, 6.07) is 0. The van der Waals surface area contributed by atoms with Crippen LogP contribution in [0.2, 0.25) is 0 Å². The van der Waals surface area contributed by atoms with E-state index in [-0.39, 0.29) is 0 Å². The van der Waals surface area contributed by atoms with E-state index in [2.05, 4.69) is 37.8 Å². The molecule has 1 aliphatic carbocycles. The van der Waals surface area contributed by atoms with Crippen LogP contribution in [0.25, 0.3) is 0 Å². The van der Waals surface area contributed by atoms with Crippen LogP contribution in [-0.2, 0) is 0 Å². The molecule has 0 aliphatic heterocycles. The lowest BCUT2D eigenvalue weighted by molar-refractivity contribution is 0.237. The molecule has 0 radical (unpaired) electrons. The highest BCUT2D eigenvalue weighted by molar-refractivity contribution is 7.99. The molecule has 1 N–H and O–H groups in total. The molecule has 1 atom stereocenters. The largest absolute Gasteiger partial charge is 0.316 e. The van der Waals surface area contributed by atoms with Gasteiger partial charge in [0.1, 0.15) is 0 Å². The van der Waals surface area contributed by atoms with Gasteiger partial charge >= 0.3 is 0 Å².